The molecule has 0 saturated heterocycles. The van der Waals surface area contributed by atoms with Gasteiger partial charge >= 0.3 is 11.4 Å². The fraction of sp³-hybridized carbons (Fsp3) is 0.160. The van der Waals surface area contributed by atoms with Gasteiger partial charge in [-0.15, -0.1) is 0 Å². The summed E-state index contributed by atoms with van der Waals surface area (Å²) in [4.78, 5) is 62.2. The summed E-state index contributed by atoms with van der Waals surface area (Å²) in [6.45, 7) is 1.58. The molecule has 36 heavy (non-hydrogen) atoms. The Kier molecular flexibility index (Phi) is 4.09. The van der Waals surface area contributed by atoms with Gasteiger partial charge in [0.25, 0.3) is 5.78 Å². The molecule has 1 aromatic heterocycles. The van der Waals surface area contributed by atoms with Gasteiger partial charge in [-0.2, -0.15) is 0 Å². The SMILES string of the molecule is Cc1cc2cc3c(c(O)c2c(=O)o1)O[C@]1(CC3)Oc2c(O)c3c(c(O)c2C1=O)C(=O)C=C(C=O)C3=O. The molecule has 3 heterocycles. The third kappa shape index (κ3) is 2.53. The lowest BCUT2D eigenvalue weighted by atomic mass is 9.85. The topological polar surface area (TPSA) is 178 Å². The Labute approximate surface area is 199 Å². The summed E-state index contributed by atoms with van der Waals surface area (Å²) in [5, 5.41) is 32.7. The number of fused-ring (bicyclic) bond motifs is 4. The average molecular weight is 490 g/mol. The molecule has 3 aliphatic rings. The molecule has 1 aliphatic carbocycles. The summed E-state index contributed by atoms with van der Waals surface area (Å²) in [5.41, 5.74) is -2.82. The Hall–Kier alpha value is -4.93. The Bertz CT molecular complexity index is 1720. The van der Waals surface area contributed by atoms with E-state index in [1.807, 2.05) is 0 Å². The number of benzene rings is 2. The van der Waals surface area contributed by atoms with Crippen molar-refractivity contribution < 1.29 is 48.4 Å². The van der Waals surface area contributed by atoms with Gasteiger partial charge in [-0.3, -0.25) is 19.2 Å². The molecule has 6 rings (SSSR count). The van der Waals surface area contributed by atoms with E-state index in [2.05, 4.69) is 0 Å². The van der Waals surface area contributed by atoms with Gasteiger partial charge in [0.15, 0.2) is 35.1 Å². The van der Waals surface area contributed by atoms with Crippen molar-refractivity contribution in [1.82, 2.24) is 0 Å². The molecule has 11 heteroatoms. The number of aromatic hydroxyl groups is 3. The lowest BCUT2D eigenvalue weighted by Crippen LogP contribution is -2.48. The largest absolute Gasteiger partial charge is 0.506 e. The van der Waals surface area contributed by atoms with Crippen molar-refractivity contribution in [3.63, 3.8) is 0 Å². The highest BCUT2D eigenvalue weighted by Gasteiger charge is 2.57. The van der Waals surface area contributed by atoms with Gasteiger partial charge < -0.3 is 29.2 Å². The van der Waals surface area contributed by atoms with Gasteiger partial charge in [0.1, 0.15) is 22.5 Å². The number of ether oxygens (including phenoxy) is 2. The normalized spacial score (nSPS) is 19.9. The number of hydrogen-bond acceptors (Lipinski definition) is 11. The Morgan fingerprint density at radius 1 is 0.917 bits per heavy atom. The van der Waals surface area contributed by atoms with Crippen molar-refractivity contribution in [2.75, 3.05) is 0 Å². The standard InChI is InChI=1S/C25H14O11/c1-8-4-10-5-9-2-3-25(35-21(9)19(30)13(10)24(33)34-8)23(32)16-18(29)14-12(27)6-11(7-26)17(28)15(14)20(31)22(16)36-25/h4-7,29-31H,2-3H2,1H3/t25-/m1/s1. The van der Waals surface area contributed by atoms with Gasteiger partial charge in [0.05, 0.1) is 16.7 Å². The van der Waals surface area contributed by atoms with Crippen LogP contribution in [0.2, 0.25) is 0 Å². The van der Waals surface area contributed by atoms with Gasteiger partial charge in [-0.1, -0.05) is 0 Å². The third-order valence-corrected chi connectivity index (χ3v) is 6.56. The zero-order chi connectivity index (χ0) is 25.7. The number of ketones is 3. The molecular weight excluding hydrogens is 476 g/mol. The van der Waals surface area contributed by atoms with Crippen molar-refractivity contribution in [3.8, 4) is 28.7 Å². The molecule has 0 fully saturated rings. The number of carbonyl (C=O) groups excluding carboxylic acids is 4. The van der Waals surface area contributed by atoms with Gasteiger partial charge in [0, 0.05) is 12.5 Å². The molecule has 1 atom stereocenters. The van der Waals surface area contributed by atoms with E-state index in [0.29, 0.717) is 22.8 Å². The number of rotatable bonds is 1. The summed E-state index contributed by atoms with van der Waals surface area (Å²) < 4.78 is 16.5. The number of hydrogen-bond donors (Lipinski definition) is 3. The van der Waals surface area contributed by atoms with E-state index < -0.39 is 74.0 Å². The average Bonchev–Trinajstić information content (AvgIpc) is 3.11. The number of allylic oxidation sites excluding steroid dienone is 2. The first-order chi connectivity index (χ1) is 17.1. The van der Waals surface area contributed by atoms with Crippen LogP contribution in [0.3, 0.4) is 0 Å². The predicted octanol–water partition coefficient (Wildman–Crippen LogP) is 2.02. The monoisotopic (exact) mass is 490 g/mol. The summed E-state index contributed by atoms with van der Waals surface area (Å²) in [7, 11) is 0. The van der Waals surface area contributed by atoms with Crippen LogP contribution in [0.4, 0.5) is 0 Å². The highest BCUT2D eigenvalue weighted by Crippen LogP contribution is 2.55. The van der Waals surface area contributed by atoms with Crippen LogP contribution in [0.25, 0.3) is 10.8 Å². The van der Waals surface area contributed by atoms with E-state index in [1.165, 1.54) is 0 Å². The number of carbonyl (C=O) groups is 4. The quantitative estimate of drug-likeness (QED) is 0.258. The summed E-state index contributed by atoms with van der Waals surface area (Å²) in [6.07, 6.45) is 0.811. The molecule has 0 radical (unpaired) electrons. The molecule has 0 bridgehead atoms. The second-order valence-corrected chi connectivity index (χ2v) is 8.67. The minimum Gasteiger partial charge on any atom is -0.506 e. The molecule has 0 unspecified atom stereocenters. The molecule has 3 N–H and O–H groups in total. The first-order valence-electron chi connectivity index (χ1n) is 10.7. The molecule has 0 amide bonds. The molecular formula is C25H14O11. The van der Waals surface area contributed by atoms with Crippen molar-refractivity contribution in [2.45, 2.75) is 25.6 Å². The van der Waals surface area contributed by atoms with Crippen molar-refractivity contribution in [2.24, 2.45) is 0 Å². The van der Waals surface area contributed by atoms with Crippen molar-refractivity contribution in [1.29, 1.82) is 0 Å². The van der Waals surface area contributed by atoms with Crippen LogP contribution in [-0.4, -0.2) is 44.7 Å². The zero-order valence-corrected chi connectivity index (χ0v) is 18.3. The summed E-state index contributed by atoms with van der Waals surface area (Å²) in [5.74, 6) is -8.07. The van der Waals surface area contributed by atoms with E-state index in [1.54, 1.807) is 19.1 Å². The van der Waals surface area contributed by atoms with Crippen molar-refractivity contribution >= 4 is 34.4 Å². The first-order valence-corrected chi connectivity index (χ1v) is 10.7. The molecule has 180 valence electrons. The molecule has 2 aromatic carbocycles. The predicted molar refractivity (Wildman–Crippen MR) is 118 cm³/mol. The number of aldehydes is 1. The van der Waals surface area contributed by atoms with E-state index in [4.69, 9.17) is 13.9 Å². The molecule has 11 nitrogen and oxygen atoms in total. The second-order valence-electron chi connectivity index (χ2n) is 8.67. The second kappa shape index (κ2) is 6.81. The van der Waals surface area contributed by atoms with Crippen molar-refractivity contribution in [3.05, 3.63) is 62.2 Å². The molecule has 1 spiro atoms. The molecule has 2 aliphatic heterocycles. The Morgan fingerprint density at radius 3 is 2.36 bits per heavy atom. The lowest BCUT2D eigenvalue weighted by molar-refractivity contribution is -0.104. The number of Topliss-reactive ketones (excluding diaryl/α,β-unsaturated/α-hetero) is 2. The maximum absolute atomic E-state index is 13.5. The third-order valence-electron chi connectivity index (χ3n) is 6.56. The van der Waals surface area contributed by atoms with Gasteiger partial charge in [-0.05, 0) is 36.4 Å². The number of phenolic OH excluding ortho intramolecular Hbond substituents is 3. The highest BCUT2D eigenvalue weighted by atomic mass is 16.7. The minimum absolute atomic E-state index is 0.119. The minimum atomic E-state index is -2.18. The van der Waals surface area contributed by atoms with Gasteiger partial charge in [-0.25, -0.2) is 4.79 Å². The van der Waals surface area contributed by atoms with Crippen LogP contribution in [0.1, 0.15) is 48.8 Å². The highest BCUT2D eigenvalue weighted by molar-refractivity contribution is 6.34. The number of phenols is 3. The fourth-order valence-corrected chi connectivity index (χ4v) is 4.93. The van der Waals surface area contributed by atoms with E-state index in [0.717, 1.165) is 0 Å². The van der Waals surface area contributed by atoms with Crippen LogP contribution in [-0.2, 0) is 11.2 Å². The smallest absolute Gasteiger partial charge is 0.347 e. The zero-order valence-electron chi connectivity index (χ0n) is 18.3. The Balaban J connectivity index is 1.52. The summed E-state index contributed by atoms with van der Waals surface area (Å²) in [6, 6.07) is 3.16. The first kappa shape index (κ1) is 21.6. The summed E-state index contributed by atoms with van der Waals surface area (Å²) >= 11 is 0. The van der Waals surface area contributed by atoms with E-state index in [9.17, 15) is 39.3 Å². The van der Waals surface area contributed by atoms with Crippen LogP contribution in [0, 0.1) is 6.92 Å². The Morgan fingerprint density at radius 2 is 1.64 bits per heavy atom. The van der Waals surface area contributed by atoms with Gasteiger partial charge in [0.2, 0.25) is 5.78 Å². The van der Waals surface area contributed by atoms with Crippen LogP contribution >= 0.6 is 0 Å². The van der Waals surface area contributed by atoms with E-state index >= 15 is 0 Å². The molecule has 3 aromatic rings. The fourth-order valence-electron chi connectivity index (χ4n) is 4.93. The van der Waals surface area contributed by atoms with Crippen LogP contribution in [0.15, 0.2) is 33.0 Å². The molecule has 0 saturated carbocycles. The van der Waals surface area contributed by atoms with Crippen LogP contribution in [0.5, 0.6) is 28.7 Å². The van der Waals surface area contributed by atoms with Crippen LogP contribution < -0.4 is 15.1 Å². The lowest BCUT2D eigenvalue weighted by Gasteiger charge is -2.33. The van der Waals surface area contributed by atoms with E-state index in [-0.39, 0.29) is 30.3 Å². The maximum Gasteiger partial charge on any atom is 0.347 e. The maximum atomic E-state index is 13.5. The number of aryl methyl sites for hydroxylation is 2.